The Balaban J connectivity index is 3.30. The quantitative estimate of drug-likeness (QED) is 0.787. The summed E-state index contributed by atoms with van der Waals surface area (Å²) in [5, 5.41) is 0. The van der Waals surface area contributed by atoms with Crippen LogP contribution in [-0.4, -0.2) is 15.5 Å². The van der Waals surface area contributed by atoms with Crippen LogP contribution in [0.3, 0.4) is 0 Å². The molecule has 1 aromatic carbocycles. The summed E-state index contributed by atoms with van der Waals surface area (Å²) in [6, 6.07) is 4.70. The van der Waals surface area contributed by atoms with Crippen LogP contribution in [0.1, 0.15) is 24.2 Å². The van der Waals surface area contributed by atoms with E-state index in [2.05, 4.69) is 0 Å². The Morgan fingerprint density at radius 2 is 2.12 bits per heavy atom. The second kappa shape index (κ2) is 5.01. The summed E-state index contributed by atoms with van der Waals surface area (Å²) in [6.07, 6.45) is -1.27. The lowest BCUT2D eigenvalue weighted by Gasteiger charge is -2.13. The largest absolute Gasteiger partial charge is 0.496 e. The highest BCUT2D eigenvalue weighted by Gasteiger charge is 2.19. The van der Waals surface area contributed by atoms with Gasteiger partial charge in [-0.05, 0) is 18.6 Å². The lowest BCUT2D eigenvalue weighted by atomic mass is 10.0. The predicted molar refractivity (Wildman–Crippen MR) is 61.0 cm³/mol. The molecule has 0 aliphatic rings. The van der Waals surface area contributed by atoms with E-state index in [-0.39, 0.29) is 11.1 Å². The summed E-state index contributed by atoms with van der Waals surface area (Å²) in [6.45, 7) is 1.33. The molecular weight excluding hydrogens is 255 g/mol. The van der Waals surface area contributed by atoms with Crippen molar-refractivity contribution in [2.45, 2.75) is 18.8 Å². The normalized spacial score (nSPS) is 13.5. The standard InChI is InChI=1S/C10H12ClFO3S/c1-7(12)8-4-3-5-10(15-2)9(8)6-16(11,13)14/h3-5,7H,6H2,1-2H3. The Morgan fingerprint density at radius 1 is 1.50 bits per heavy atom. The first-order chi connectivity index (χ1) is 7.35. The Bertz CT molecular complexity index is 471. The minimum atomic E-state index is -3.74. The predicted octanol–water partition coefficient (Wildman–Crippen LogP) is 2.79. The number of halogens is 2. The molecule has 0 aliphatic heterocycles. The number of benzene rings is 1. The molecule has 6 heteroatoms. The van der Waals surface area contributed by atoms with Gasteiger partial charge in [0.15, 0.2) is 0 Å². The molecular formula is C10H12ClFO3S. The van der Waals surface area contributed by atoms with Crippen molar-refractivity contribution < 1.29 is 17.5 Å². The second-order valence-corrected chi connectivity index (χ2v) is 6.10. The molecule has 3 nitrogen and oxygen atoms in total. The van der Waals surface area contributed by atoms with E-state index in [1.54, 1.807) is 12.1 Å². The van der Waals surface area contributed by atoms with Crippen molar-refractivity contribution in [2.75, 3.05) is 7.11 Å². The van der Waals surface area contributed by atoms with E-state index in [1.165, 1.54) is 20.1 Å². The van der Waals surface area contributed by atoms with Gasteiger partial charge in [-0.2, -0.15) is 0 Å². The number of ether oxygens (including phenoxy) is 1. The summed E-state index contributed by atoms with van der Waals surface area (Å²) in [4.78, 5) is 0. The average Bonchev–Trinajstić information content (AvgIpc) is 2.15. The van der Waals surface area contributed by atoms with Gasteiger partial charge in [-0.25, -0.2) is 12.8 Å². The molecule has 1 atom stereocenters. The van der Waals surface area contributed by atoms with Crippen LogP contribution in [0.4, 0.5) is 4.39 Å². The highest BCUT2D eigenvalue weighted by Crippen LogP contribution is 2.30. The van der Waals surface area contributed by atoms with Gasteiger partial charge in [0.25, 0.3) is 0 Å². The summed E-state index contributed by atoms with van der Waals surface area (Å²) in [5.74, 6) is -0.117. The molecule has 16 heavy (non-hydrogen) atoms. The topological polar surface area (TPSA) is 43.4 Å². The SMILES string of the molecule is COc1cccc(C(C)F)c1CS(=O)(=O)Cl. The van der Waals surface area contributed by atoms with E-state index in [1.807, 2.05) is 0 Å². The average molecular weight is 267 g/mol. The van der Waals surface area contributed by atoms with Crippen molar-refractivity contribution in [1.82, 2.24) is 0 Å². The van der Waals surface area contributed by atoms with E-state index in [0.717, 1.165) is 0 Å². The summed E-state index contributed by atoms with van der Waals surface area (Å²) in [5.41, 5.74) is 0.554. The van der Waals surface area contributed by atoms with Gasteiger partial charge in [-0.3, -0.25) is 0 Å². The van der Waals surface area contributed by atoms with Gasteiger partial charge in [-0.1, -0.05) is 12.1 Å². The van der Waals surface area contributed by atoms with Crippen LogP contribution in [0, 0.1) is 0 Å². The van der Waals surface area contributed by atoms with Crippen LogP contribution in [0.25, 0.3) is 0 Å². The minimum Gasteiger partial charge on any atom is -0.496 e. The second-order valence-electron chi connectivity index (χ2n) is 3.33. The molecule has 90 valence electrons. The Kier molecular flexibility index (Phi) is 4.15. The van der Waals surface area contributed by atoms with E-state index >= 15 is 0 Å². The number of hydrogen-bond acceptors (Lipinski definition) is 3. The van der Waals surface area contributed by atoms with Gasteiger partial charge in [-0.15, -0.1) is 0 Å². The maximum Gasteiger partial charge on any atom is 0.236 e. The van der Waals surface area contributed by atoms with E-state index < -0.39 is 21.0 Å². The molecule has 0 amide bonds. The van der Waals surface area contributed by atoms with Crippen LogP contribution >= 0.6 is 10.7 Å². The summed E-state index contributed by atoms with van der Waals surface area (Å²) in [7, 11) is 2.82. The van der Waals surface area contributed by atoms with Gasteiger partial charge in [0, 0.05) is 16.2 Å². The summed E-state index contributed by atoms with van der Waals surface area (Å²) < 4.78 is 40.3. The molecule has 0 N–H and O–H groups in total. The van der Waals surface area contributed by atoms with Crippen molar-refractivity contribution in [2.24, 2.45) is 0 Å². The molecule has 0 bridgehead atoms. The third kappa shape index (κ3) is 3.35. The highest BCUT2D eigenvalue weighted by molar-refractivity contribution is 8.13. The van der Waals surface area contributed by atoms with Gasteiger partial charge < -0.3 is 4.74 Å². The van der Waals surface area contributed by atoms with Crippen LogP contribution in [0.5, 0.6) is 5.75 Å². The van der Waals surface area contributed by atoms with E-state index in [0.29, 0.717) is 5.75 Å². The van der Waals surface area contributed by atoms with Crippen LogP contribution < -0.4 is 4.74 Å². The maximum absolute atomic E-state index is 13.3. The van der Waals surface area contributed by atoms with Crippen molar-refractivity contribution in [1.29, 1.82) is 0 Å². The third-order valence-corrected chi connectivity index (χ3v) is 3.10. The molecule has 0 heterocycles. The van der Waals surface area contributed by atoms with Crippen LogP contribution in [0.2, 0.25) is 0 Å². The van der Waals surface area contributed by atoms with Crippen LogP contribution in [0.15, 0.2) is 18.2 Å². The van der Waals surface area contributed by atoms with Crippen molar-refractivity contribution in [3.63, 3.8) is 0 Å². The first-order valence-electron chi connectivity index (χ1n) is 4.57. The Hall–Kier alpha value is -0.810. The lowest BCUT2D eigenvalue weighted by molar-refractivity contribution is 0.366. The molecule has 0 spiro atoms. The van der Waals surface area contributed by atoms with Crippen molar-refractivity contribution >= 4 is 19.7 Å². The van der Waals surface area contributed by atoms with E-state index in [4.69, 9.17) is 15.4 Å². The van der Waals surface area contributed by atoms with Gasteiger partial charge in [0.1, 0.15) is 11.9 Å². The fourth-order valence-corrected chi connectivity index (χ4v) is 2.45. The van der Waals surface area contributed by atoms with Crippen molar-refractivity contribution in [3.05, 3.63) is 29.3 Å². The number of methoxy groups -OCH3 is 1. The zero-order valence-electron chi connectivity index (χ0n) is 8.91. The first kappa shape index (κ1) is 13.3. The molecule has 0 aromatic heterocycles. The lowest BCUT2D eigenvalue weighted by Crippen LogP contribution is -2.03. The molecule has 1 rings (SSSR count). The first-order valence-corrected chi connectivity index (χ1v) is 7.05. The number of rotatable bonds is 4. The maximum atomic E-state index is 13.3. The smallest absolute Gasteiger partial charge is 0.236 e. The van der Waals surface area contributed by atoms with Gasteiger partial charge in [0.05, 0.1) is 12.9 Å². The summed E-state index contributed by atoms with van der Waals surface area (Å²) >= 11 is 0. The highest BCUT2D eigenvalue weighted by atomic mass is 35.7. The Morgan fingerprint density at radius 3 is 2.56 bits per heavy atom. The molecule has 1 aromatic rings. The van der Waals surface area contributed by atoms with Gasteiger partial charge in [0.2, 0.25) is 9.05 Å². The monoisotopic (exact) mass is 266 g/mol. The van der Waals surface area contributed by atoms with Crippen LogP contribution in [-0.2, 0) is 14.8 Å². The fourth-order valence-electron chi connectivity index (χ4n) is 1.47. The minimum absolute atomic E-state index is 0.273. The molecule has 0 fully saturated rings. The molecule has 0 radical (unpaired) electrons. The Labute approximate surface area is 98.6 Å². The van der Waals surface area contributed by atoms with E-state index in [9.17, 15) is 12.8 Å². The third-order valence-electron chi connectivity index (χ3n) is 2.13. The zero-order valence-corrected chi connectivity index (χ0v) is 10.5. The molecule has 0 saturated carbocycles. The molecule has 0 aliphatic carbocycles. The fraction of sp³-hybridized carbons (Fsp3) is 0.400. The van der Waals surface area contributed by atoms with Gasteiger partial charge >= 0.3 is 0 Å². The number of alkyl halides is 1. The zero-order chi connectivity index (χ0) is 12.3. The molecule has 1 unspecified atom stereocenters. The van der Waals surface area contributed by atoms with Crippen molar-refractivity contribution in [3.8, 4) is 5.75 Å². The molecule has 0 saturated heterocycles. The number of hydrogen-bond donors (Lipinski definition) is 0.